The van der Waals surface area contributed by atoms with E-state index in [2.05, 4.69) is 43.4 Å². The Bertz CT molecular complexity index is 511. The molecule has 4 nitrogen and oxygen atoms in total. The monoisotopic (exact) mass is 354 g/mol. The average Bonchev–Trinajstić information content (AvgIpc) is 2.55. The molecule has 1 heterocycles. The number of amides is 1. The van der Waals surface area contributed by atoms with Crippen molar-refractivity contribution in [3.05, 3.63) is 35.4 Å². The van der Waals surface area contributed by atoms with Crippen molar-refractivity contribution in [2.75, 3.05) is 19.8 Å². The van der Waals surface area contributed by atoms with Crippen molar-refractivity contribution < 1.29 is 9.53 Å². The Labute approximate surface area is 151 Å². The molecular formula is C19H31ClN2O2. The number of hydrogen-bond acceptors (Lipinski definition) is 3. The number of hydrogen-bond donors (Lipinski definition) is 2. The quantitative estimate of drug-likeness (QED) is 0.824. The minimum absolute atomic E-state index is 0. The van der Waals surface area contributed by atoms with Crippen LogP contribution in [0, 0.1) is 11.3 Å². The van der Waals surface area contributed by atoms with Gasteiger partial charge in [0.15, 0.2) is 0 Å². The van der Waals surface area contributed by atoms with Gasteiger partial charge in [-0.25, -0.2) is 0 Å². The highest BCUT2D eigenvalue weighted by Gasteiger charge is 2.39. The van der Waals surface area contributed by atoms with E-state index in [0.29, 0.717) is 38.5 Å². The number of nitrogens with two attached hydrogens (primary N) is 1. The van der Waals surface area contributed by atoms with Crippen molar-refractivity contribution in [1.82, 2.24) is 5.32 Å². The fraction of sp³-hybridized carbons (Fsp3) is 0.632. The van der Waals surface area contributed by atoms with Gasteiger partial charge in [-0.2, -0.15) is 0 Å². The van der Waals surface area contributed by atoms with Crippen LogP contribution in [0.2, 0.25) is 0 Å². The highest BCUT2D eigenvalue weighted by molar-refractivity contribution is 5.85. The third kappa shape index (κ3) is 5.20. The van der Waals surface area contributed by atoms with E-state index >= 15 is 0 Å². The Morgan fingerprint density at radius 2 is 1.79 bits per heavy atom. The predicted molar refractivity (Wildman–Crippen MR) is 100 cm³/mol. The second-order valence-electron chi connectivity index (χ2n) is 7.13. The molecule has 136 valence electrons. The van der Waals surface area contributed by atoms with Crippen molar-refractivity contribution in [1.29, 1.82) is 0 Å². The van der Waals surface area contributed by atoms with Crippen molar-refractivity contribution in [3.63, 3.8) is 0 Å². The van der Waals surface area contributed by atoms with Crippen LogP contribution in [0.25, 0.3) is 0 Å². The van der Waals surface area contributed by atoms with E-state index < -0.39 is 5.41 Å². The third-order valence-electron chi connectivity index (χ3n) is 4.79. The molecule has 0 aliphatic carbocycles. The predicted octanol–water partition coefficient (Wildman–Crippen LogP) is 3.24. The molecule has 3 N–H and O–H groups in total. The lowest BCUT2D eigenvalue weighted by Gasteiger charge is -2.35. The smallest absolute Gasteiger partial charge is 0.228 e. The van der Waals surface area contributed by atoms with Crippen molar-refractivity contribution >= 4 is 18.3 Å². The summed E-state index contributed by atoms with van der Waals surface area (Å²) in [7, 11) is 0. The van der Waals surface area contributed by atoms with Crippen LogP contribution in [-0.2, 0) is 16.0 Å². The Morgan fingerprint density at radius 3 is 2.29 bits per heavy atom. The molecule has 0 aromatic heterocycles. The van der Waals surface area contributed by atoms with E-state index in [1.54, 1.807) is 0 Å². The SMILES string of the molecule is CC(C)Cc1ccc(C(C)NC(=O)C2(CN)CCOCC2)cc1.Cl. The number of nitrogens with one attached hydrogen (secondary N) is 1. The van der Waals surface area contributed by atoms with Crippen LogP contribution in [0.4, 0.5) is 0 Å². The van der Waals surface area contributed by atoms with Gasteiger partial charge < -0.3 is 15.8 Å². The van der Waals surface area contributed by atoms with Crippen LogP contribution in [-0.4, -0.2) is 25.7 Å². The van der Waals surface area contributed by atoms with Gasteiger partial charge in [0.1, 0.15) is 0 Å². The molecule has 0 bridgehead atoms. The Kier molecular flexibility index (Phi) is 8.20. The maximum absolute atomic E-state index is 12.7. The van der Waals surface area contributed by atoms with Gasteiger partial charge in [-0.3, -0.25) is 4.79 Å². The summed E-state index contributed by atoms with van der Waals surface area (Å²) in [6.07, 6.45) is 2.49. The van der Waals surface area contributed by atoms with Crippen LogP contribution in [0.5, 0.6) is 0 Å². The molecule has 1 aromatic carbocycles. The summed E-state index contributed by atoms with van der Waals surface area (Å²) in [4.78, 5) is 12.7. The molecule has 1 aliphatic heterocycles. The fourth-order valence-electron chi connectivity index (χ4n) is 3.13. The number of benzene rings is 1. The molecule has 1 aliphatic rings. The van der Waals surface area contributed by atoms with Gasteiger partial charge in [-0.1, -0.05) is 38.1 Å². The minimum atomic E-state index is -0.468. The van der Waals surface area contributed by atoms with Crippen molar-refractivity contribution in [3.8, 4) is 0 Å². The lowest BCUT2D eigenvalue weighted by molar-refractivity contribution is -0.136. The lowest BCUT2D eigenvalue weighted by atomic mass is 9.79. The standard InChI is InChI=1S/C19H30N2O2.ClH/c1-14(2)12-16-4-6-17(7-5-16)15(3)21-18(22)19(13-20)8-10-23-11-9-19;/h4-7,14-15H,8-13,20H2,1-3H3,(H,21,22);1H. The minimum Gasteiger partial charge on any atom is -0.381 e. The molecule has 1 amide bonds. The Morgan fingerprint density at radius 1 is 1.21 bits per heavy atom. The summed E-state index contributed by atoms with van der Waals surface area (Å²) in [6.45, 7) is 8.07. The molecule has 1 fully saturated rings. The zero-order valence-corrected chi connectivity index (χ0v) is 15.8. The maximum Gasteiger partial charge on any atom is 0.228 e. The van der Waals surface area contributed by atoms with Gasteiger partial charge in [0.05, 0.1) is 11.5 Å². The Hall–Kier alpha value is -1.10. The third-order valence-corrected chi connectivity index (χ3v) is 4.79. The average molecular weight is 355 g/mol. The summed E-state index contributed by atoms with van der Waals surface area (Å²) in [5, 5.41) is 3.14. The van der Waals surface area contributed by atoms with Gasteiger partial charge in [0.2, 0.25) is 5.91 Å². The summed E-state index contributed by atoms with van der Waals surface area (Å²) in [6, 6.07) is 8.53. The molecule has 1 atom stereocenters. The number of halogens is 1. The van der Waals surface area contributed by atoms with Gasteiger partial charge >= 0.3 is 0 Å². The second-order valence-corrected chi connectivity index (χ2v) is 7.13. The lowest BCUT2D eigenvalue weighted by Crippen LogP contribution is -2.49. The zero-order chi connectivity index (χ0) is 16.9. The van der Waals surface area contributed by atoms with E-state index in [4.69, 9.17) is 10.5 Å². The molecule has 0 spiro atoms. The molecule has 24 heavy (non-hydrogen) atoms. The first-order chi connectivity index (χ1) is 11.0. The maximum atomic E-state index is 12.7. The molecular weight excluding hydrogens is 324 g/mol. The van der Waals surface area contributed by atoms with Gasteiger partial charge in [0.25, 0.3) is 0 Å². The number of carbonyl (C=O) groups excluding carboxylic acids is 1. The first kappa shape index (κ1) is 20.9. The van der Waals surface area contributed by atoms with Gasteiger partial charge in [0, 0.05) is 19.8 Å². The van der Waals surface area contributed by atoms with Crippen molar-refractivity contribution in [2.24, 2.45) is 17.1 Å². The van der Waals surface area contributed by atoms with Gasteiger partial charge in [-0.05, 0) is 43.2 Å². The molecule has 1 saturated heterocycles. The Balaban J connectivity index is 0.00000288. The van der Waals surface area contributed by atoms with E-state index in [-0.39, 0.29) is 24.4 Å². The number of carbonyl (C=O) groups is 1. The highest BCUT2D eigenvalue weighted by atomic mass is 35.5. The van der Waals surface area contributed by atoms with Crippen LogP contribution < -0.4 is 11.1 Å². The van der Waals surface area contributed by atoms with E-state index in [0.717, 1.165) is 12.0 Å². The topological polar surface area (TPSA) is 64.4 Å². The van der Waals surface area contributed by atoms with Crippen molar-refractivity contribution in [2.45, 2.75) is 46.1 Å². The van der Waals surface area contributed by atoms with E-state index in [9.17, 15) is 4.79 Å². The van der Waals surface area contributed by atoms with E-state index in [1.165, 1.54) is 5.56 Å². The first-order valence-corrected chi connectivity index (χ1v) is 8.64. The first-order valence-electron chi connectivity index (χ1n) is 8.64. The van der Waals surface area contributed by atoms with Gasteiger partial charge in [-0.15, -0.1) is 12.4 Å². The summed E-state index contributed by atoms with van der Waals surface area (Å²) >= 11 is 0. The van der Waals surface area contributed by atoms with Crippen LogP contribution in [0.15, 0.2) is 24.3 Å². The van der Waals surface area contributed by atoms with Crippen LogP contribution in [0.3, 0.4) is 0 Å². The number of rotatable bonds is 6. The van der Waals surface area contributed by atoms with Crippen LogP contribution >= 0.6 is 12.4 Å². The molecule has 5 heteroatoms. The molecule has 2 rings (SSSR count). The van der Waals surface area contributed by atoms with Crippen LogP contribution in [0.1, 0.15) is 50.8 Å². The number of ether oxygens (including phenoxy) is 1. The normalized spacial score (nSPS) is 17.9. The van der Waals surface area contributed by atoms with E-state index in [1.807, 2.05) is 6.92 Å². The largest absolute Gasteiger partial charge is 0.381 e. The molecule has 1 unspecified atom stereocenters. The second kappa shape index (κ2) is 9.40. The molecule has 0 saturated carbocycles. The molecule has 0 radical (unpaired) electrons. The highest BCUT2D eigenvalue weighted by Crippen LogP contribution is 2.30. The summed E-state index contributed by atoms with van der Waals surface area (Å²) < 4.78 is 5.38. The molecule has 1 aromatic rings. The summed E-state index contributed by atoms with van der Waals surface area (Å²) in [5.74, 6) is 0.706. The summed E-state index contributed by atoms with van der Waals surface area (Å²) in [5.41, 5.74) is 7.90. The fourth-order valence-corrected chi connectivity index (χ4v) is 3.13. The zero-order valence-electron chi connectivity index (χ0n) is 15.0.